The van der Waals surface area contributed by atoms with Crippen molar-refractivity contribution in [1.82, 2.24) is 0 Å². The van der Waals surface area contributed by atoms with Gasteiger partial charge in [-0.25, -0.2) is 18.3 Å². The molecule has 16 aliphatic rings. The Labute approximate surface area is 445 Å². The molecule has 0 fully saturated rings. The van der Waals surface area contributed by atoms with Crippen molar-refractivity contribution < 1.29 is 38.0 Å². The van der Waals surface area contributed by atoms with Gasteiger partial charge in [-0.15, -0.1) is 0 Å². The first-order chi connectivity index (χ1) is 37.4. The van der Waals surface area contributed by atoms with Crippen molar-refractivity contribution in [1.29, 1.82) is 0 Å². The van der Waals surface area contributed by atoms with E-state index in [2.05, 4.69) is 201 Å². The fraction of sp³-hybridized carbons (Fsp3) is 0.176. The Bertz CT molecular complexity index is 3310. The Morgan fingerprint density at radius 1 is 0.289 bits per heavy atom. The van der Waals surface area contributed by atoms with Crippen LogP contribution in [0.1, 0.15) is 68.5 Å². The van der Waals surface area contributed by atoms with Crippen molar-refractivity contribution in [3.05, 3.63) is 275 Å². The van der Waals surface area contributed by atoms with Crippen molar-refractivity contribution in [3.63, 3.8) is 0 Å². The van der Waals surface area contributed by atoms with Crippen LogP contribution in [-0.2, 0) is 51.9 Å². The molecule has 76 heavy (non-hydrogen) atoms. The fourth-order valence-corrected chi connectivity index (χ4v) is 10.9. The molecule has 6 aromatic carbocycles. The second-order valence-corrected chi connectivity index (χ2v) is 20.3. The van der Waals surface area contributed by atoms with E-state index in [4.69, 9.17) is 9.47 Å². The van der Waals surface area contributed by atoms with Gasteiger partial charge in [0.15, 0.2) is 75.8 Å². The van der Waals surface area contributed by atoms with E-state index in [1.165, 1.54) is 44.5 Å². The van der Waals surface area contributed by atoms with Gasteiger partial charge in [-0.2, -0.15) is 0 Å². The Morgan fingerprint density at radius 3 is 0.855 bits per heavy atom. The summed E-state index contributed by atoms with van der Waals surface area (Å²) in [7, 11) is 0. The molecule has 0 atom stereocenters. The topological polar surface area (TPSA) is 74.4 Å². The van der Waals surface area contributed by atoms with Gasteiger partial charge in [0, 0.05) is 98.2 Å². The number of aromatic hydroxyl groups is 2. The normalized spacial score (nSPS) is 13.7. The van der Waals surface area contributed by atoms with E-state index in [1.54, 1.807) is 0 Å². The van der Waals surface area contributed by atoms with Gasteiger partial charge in [-0.3, -0.25) is 0 Å². The molecule has 4 aromatic heterocycles. The number of hydrogen-bond acceptors (Lipinski definition) is 4. The van der Waals surface area contributed by atoms with Gasteiger partial charge in [0.25, 0.3) is 0 Å². The highest BCUT2D eigenvalue weighted by Crippen LogP contribution is 2.38. The number of aromatic nitrogens is 4. The van der Waals surface area contributed by atoms with Crippen LogP contribution < -0.4 is 27.7 Å². The number of hydrogen-bond donors (Lipinski definition) is 2. The number of ether oxygens (including phenoxy) is 2. The number of aryl methyl sites for hydroxylation is 2. The quantitative estimate of drug-likeness (QED) is 0.149. The highest BCUT2D eigenvalue weighted by atomic mass is 16.5. The van der Waals surface area contributed by atoms with Crippen LogP contribution in [0.4, 0.5) is 0 Å². The molecule has 26 rings (SSSR count). The summed E-state index contributed by atoms with van der Waals surface area (Å²) in [5, 5.41) is 24.0. The summed E-state index contributed by atoms with van der Waals surface area (Å²) in [4.78, 5) is 0. The lowest BCUT2D eigenvalue weighted by atomic mass is 9.91. The predicted octanol–water partition coefficient (Wildman–Crippen LogP) is 11.3. The Kier molecular flexibility index (Phi) is 13.9. The number of rotatable bonds is 0. The fourth-order valence-electron chi connectivity index (χ4n) is 10.9. The zero-order valence-electron chi connectivity index (χ0n) is 42.8. The van der Waals surface area contributed by atoms with Crippen molar-refractivity contribution in [2.75, 3.05) is 13.2 Å². The summed E-state index contributed by atoms with van der Waals surface area (Å²) in [5.41, 5.74) is 16.9. The molecule has 19 heterocycles. The summed E-state index contributed by atoms with van der Waals surface area (Å²) in [6, 6.07) is 59.9. The first kappa shape index (κ1) is 48.1. The highest BCUT2D eigenvalue weighted by Gasteiger charge is 2.21. The van der Waals surface area contributed by atoms with Crippen LogP contribution >= 0.6 is 0 Å². The van der Waals surface area contributed by atoms with Crippen molar-refractivity contribution in [3.8, 4) is 56.4 Å². The van der Waals surface area contributed by atoms with E-state index in [0.29, 0.717) is 38.9 Å². The van der Waals surface area contributed by atoms with E-state index in [9.17, 15) is 10.2 Å². The van der Waals surface area contributed by atoms with Gasteiger partial charge >= 0.3 is 0 Å². The van der Waals surface area contributed by atoms with Crippen LogP contribution in [0, 0.1) is 0 Å². The van der Waals surface area contributed by atoms with Crippen LogP contribution in [0.5, 0.6) is 23.0 Å². The lowest BCUT2D eigenvalue weighted by Crippen LogP contribution is -2.33. The van der Waals surface area contributed by atoms with Crippen LogP contribution in [-0.4, -0.2) is 23.4 Å². The van der Waals surface area contributed by atoms with Crippen molar-refractivity contribution in [2.45, 2.75) is 64.7 Å². The van der Waals surface area contributed by atoms with Crippen molar-refractivity contribution in [2.24, 2.45) is 0 Å². The predicted molar refractivity (Wildman–Crippen MR) is 295 cm³/mol. The molecular weight excluding hydrogens is 937 g/mol. The first-order valence-corrected chi connectivity index (χ1v) is 26.6. The second kappa shape index (κ2) is 21.9. The minimum absolute atomic E-state index is 0.287. The smallest absolute Gasteiger partial charge is 0.173 e. The number of fused-ring (bicyclic) bond motifs is 1. The SMILES string of the molecule is Oc1c2cccc1Cc1cccc3c1OCCC[n+]1ccc(cc1)-c1cc[n+](cc1)Cc1ccc(cc1)-c1ccc(cc1)C[n+]1ccc(cc1)-c1cc[n+](cc1)CCCOc1c(cccc1Cc1cccc(c1O)C3)C2. The molecule has 0 spiro atoms. The molecular formula is C68H62N4O4+4. The molecule has 8 nitrogen and oxygen atoms in total. The zero-order chi connectivity index (χ0) is 51.2. The summed E-state index contributed by atoms with van der Waals surface area (Å²) < 4.78 is 22.4. The van der Waals surface area contributed by atoms with Gasteiger partial charge in [0.1, 0.15) is 23.0 Å². The molecule has 15 aliphatic heterocycles. The highest BCUT2D eigenvalue weighted by molar-refractivity contribution is 5.65. The molecule has 22 bridgehead atoms. The molecule has 8 heteroatoms. The molecule has 0 unspecified atom stereocenters. The van der Waals surface area contributed by atoms with Gasteiger partial charge in [-0.05, 0) is 77.9 Å². The third kappa shape index (κ3) is 10.8. The van der Waals surface area contributed by atoms with E-state index >= 15 is 0 Å². The number of benzene rings is 6. The lowest BCUT2D eigenvalue weighted by Gasteiger charge is -2.20. The van der Waals surface area contributed by atoms with Crippen LogP contribution in [0.15, 0.2) is 219 Å². The Balaban J connectivity index is 0.842. The summed E-state index contributed by atoms with van der Waals surface area (Å²) in [5.74, 6) is 2.18. The monoisotopic (exact) mass is 998 g/mol. The van der Waals surface area contributed by atoms with Crippen LogP contribution in [0.2, 0.25) is 0 Å². The number of nitrogens with zero attached hydrogens (tertiary/aromatic N) is 4. The maximum atomic E-state index is 12.0. The van der Waals surface area contributed by atoms with Gasteiger partial charge in [0.05, 0.1) is 13.2 Å². The van der Waals surface area contributed by atoms with Gasteiger partial charge in [0.2, 0.25) is 0 Å². The lowest BCUT2D eigenvalue weighted by molar-refractivity contribution is -0.697. The molecule has 0 radical (unpaired) electrons. The molecule has 0 saturated heterocycles. The second-order valence-electron chi connectivity index (χ2n) is 20.3. The third-order valence-electron chi connectivity index (χ3n) is 15.1. The number of pyridine rings is 4. The summed E-state index contributed by atoms with van der Waals surface area (Å²) in [6.45, 7) is 4.16. The average molecular weight is 999 g/mol. The van der Waals surface area contributed by atoms with Gasteiger partial charge in [-0.1, -0.05) is 121 Å². The number of phenolic OH excluding ortho intramolecular Hbond substituents is 2. The molecule has 10 aromatic rings. The number of phenols is 2. The molecule has 374 valence electrons. The number of para-hydroxylation sites is 4. The van der Waals surface area contributed by atoms with Gasteiger partial charge < -0.3 is 19.7 Å². The minimum atomic E-state index is 0.287. The minimum Gasteiger partial charge on any atom is -0.507 e. The summed E-state index contributed by atoms with van der Waals surface area (Å²) in [6.07, 6.45) is 20.7. The average Bonchev–Trinajstić information content (AvgIpc) is 3.46. The first-order valence-electron chi connectivity index (χ1n) is 26.6. The molecule has 0 saturated carbocycles. The van der Waals surface area contributed by atoms with Crippen molar-refractivity contribution >= 4 is 0 Å². The maximum Gasteiger partial charge on any atom is 0.173 e. The molecule has 1 aliphatic carbocycles. The Morgan fingerprint density at radius 2 is 0.553 bits per heavy atom. The third-order valence-corrected chi connectivity index (χ3v) is 15.1. The maximum absolute atomic E-state index is 12.0. The standard InChI is InChI=1S/C68H60N4O4/c73-65-57-7-1-8-58(65)44-62-12-4-14-64-46-60-10-2-9-59(66(60)74)45-63-13-3-11-61(43-57)67(63)75-41-5-31-69-33-23-53(24-34-69)55-27-37-71(38-28-55)47-49-15-19-51(20-16-49)52-21-17-50(18-22-52)48-72-39-29-56(30-40-72)54-25-35-70(36-26-54)32-6-42-76-68(62)64/h1-4,7-30,33-40H,5-6,31-32,41-48H2/q+2/p+2. The van der Waals surface area contributed by atoms with E-state index in [-0.39, 0.29) is 11.5 Å². The van der Waals surface area contributed by atoms with Crippen LogP contribution in [0.25, 0.3) is 33.4 Å². The Hall–Kier alpha value is -8.88. The largest absolute Gasteiger partial charge is 0.507 e. The van der Waals surface area contributed by atoms with E-state index in [1.807, 2.05) is 36.4 Å². The van der Waals surface area contributed by atoms with E-state index in [0.717, 1.165) is 95.0 Å². The van der Waals surface area contributed by atoms with Crippen LogP contribution in [0.3, 0.4) is 0 Å². The van der Waals surface area contributed by atoms with E-state index < -0.39 is 0 Å². The molecule has 2 N–H and O–H groups in total. The molecule has 0 amide bonds. The zero-order valence-corrected chi connectivity index (χ0v) is 42.8. The summed E-state index contributed by atoms with van der Waals surface area (Å²) >= 11 is 0.